The molecule has 2 N–H and O–H groups in total. The number of nitrogens with zero attached hydrogens (tertiary/aromatic N) is 2. The summed E-state index contributed by atoms with van der Waals surface area (Å²) >= 11 is 0. The zero-order chi connectivity index (χ0) is 21.2. The highest BCUT2D eigenvalue weighted by Crippen LogP contribution is 2.18. The van der Waals surface area contributed by atoms with Crippen molar-refractivity contribution in [3.8, 4) is 5.75 Å². The highest BCUT2D eigenvalue weighted by atomic mass is 19.1. The van der Waals surface area contributed by atoms with E-state index in [2.05, 4.69) is 20.5 Å². The second-order valence-corrected chi connectivity index (χ2v) is 6.93. The lowest BCUT2D eigenvalue weighted by Gasteiger charge is -2.26. The average molecular weight is 418 g/mol. The molecule has 1 aliphatic rings. The van der Waals surface area contributed by atoms with Crippen LogP contribution >= 0.6 is 0 Å². The fourth-order valence-electron chi connectivity index (χ4n) is 3.16. The van der Waals surface area contributed by atoms with Crippen molar-refractivity contribution < 1.29 is 18.3 Å². The quantitative estimate of drug-likeness (QED) is 0.510. The molecule has 0 bridgehead atoms. The van der Waals surface area contributed by atoms with Gasteiger partial charge in [-0.25, -0.2) is 8.78 Å². The summed E-state index contributed by atoms with van der Waals surface area (Å²) < 4.78 is 38.5. The molecule has 1 fully saturated rings. The van der Waals surface area contributed by atoms with Gasteiger partial charge in [-0.3, -0.25) is 9.89 Å². The van der Waals surface area contributed by atoms with E-state index in [9.17, 15) is 8.78 Å². The predicted octanol–water partition coefficient (Wildman–Crippen LogP) is 2.54. The van der Waals surface area contributed by atoms with E-state index < -0.39 is 11.6 Å². The van der Waals surface area contributed by atoms with Gasteiger partial charge < -0.3 is 20.1 Å². The number of morpholine rings is 1. The molecular weight excluding hydrogens is 390 g/mol. The fourth-order valence-corrected chi connectivity index (χ4v) is 3.16. The standard InChI is InChI=1S/C22H28F2N4O2/c1-25-22(27-16-18-14-19(23)6-7-20(18)24)26-15-17-4-2-3-5-21(17)30-13-10-28-8-11-29-12-9-28/h2-7,14H,8-13,15-16H2,1H3,(H2,25,26,27). The van der Waals surface area contributed by atoms with Gasteiger partial charge in [0.15, 0.2) is 5.96 Å². The third-order valence-corrected chi connectivity index (χ3v) is 4.87. The fraction of sp³-hybridized carbons (Fsp3) is 0.409. The molecule has 0 aromatic heterocycles. The molecule has 0 aliphatic carbocycles. The van der Waals surface area contributed by atoms with Crippen molar-refractivity contribution in [2.45, 2.75) is 13.1 Å². The highest BCUT2D eigenvalue weighted by molar-refractivity contribution is 5.79. The van der Waals surface area contributed by atoms with E-state index in [-0.39, 0.29) is 12.1 Å². The van der Waals surface area contributed by atoms with Crippen LogP contribution in [0.25, 0.3) is 0 Å². The van der Waals surface area contributed by atoms with E-state index in [1.54, 1.807) is 7.05 Å². The number of rotatable bonds is 8. The van der Waals surface area contributed by atoms with E-state index in [0.717, 1.165) is 56.3 Å². The second kappa shape index (κ2) is 11.5. The molecule has 8 heteroatoms. The van der Waals surface area contributed by atoms with Crippen LogP contribution in [0.2, 0.25) is 0 Å². The third-order valence-electron chi connectivity index (χ3n) is 4.87. The van der Waals surface area contributed by atoms with Gasteiger partial charge in [0.05, 0.1) is 13.2 Å². The largest absolute Gasteiger partial charge is 0.492 e. The number of halogens is 2. The first-order chi connectivity index (χ1) is 14.7. The Bertz CT molecular complexity index is 842. The summed E-state index contributed by atoms with van der Waals surface area (Å²) in [5, 5.41) is 6.19. The van der Waals surface area contributed by atoms with Crippen molar-refractivity contribution >= 4 is 5.96 Å². The van der Waals surface area contributed by atoms with E-state index in [1.165, 1.54) is 6.07 Å². The maximum atomic E-state index is 13.8. The zero-order valence-electron chi connectivity index (χ0n) is 17.2. The molecule has 1 aliphatic heterocycles. The van der Waals surface area contributed by atoms with Crippen LogP contribution in [0.4, 0.5) is 8.78 Å². The van der Waals surface area contributed by atoms with Gasteiger partial charge in [-0.2, -0.15) is 0 Å². The normalized spacial score (nSPS) is 15.1. The SMILES string of the molecule is CN=C(NCc1cc(F)ccc1F)NCc1ccccc1OCCN1CCOCC1. The molecule has 0 radical (unpaired) electrons. The van der Waals surface area contributed by atoms with Crippen LogP contribution in [0, 0.1) is 11.6 Å². The van der Waals surface area contributed by atoms with Gasteiger partial charge in [0.1, 0.15) is 24.0 Å². The number of hydrogen-bond donors (Lipinski definition) is 2. The summed E-state index contributed by atoms with van der Waals surface area (Å²) in [4.78, 5) is 6.46. The number of guanidine groups is 1. The summed E-state index contributed by atoms with van der Waals surface area (Å²) in [6.07, 6.45) is 0. The Morgan fingerprint density at radius 3 is 2.57 bits per heavy atom. The van der Waals surface area contributed by atoms with Gasteiger partial charge in [0.2, 0.25) is 0 Å². The van der Waals surface area contributed by atoms with Crippen molar-refractivity contribution in [1.29, 1.82) is 0 Å². The summed E-state index contributed by atoms with van der Waals surface area (Å²) in [5.74, 6) is 0.365. The first kappa shape index (κ1) is 22.0. The second-order valence-electron chi connectivity index (χ2n) is 6.93. The lowest BCUT2D eigenvalue weighted by Crippen LogP contribution is -2.38. The summed E-state index contributed by atoms with van der Waals surface area (Å²) in [6.45, 7) is 5.47. The molecular formula is C22H28F2N4O2. The number of aliphatic imine (C=N–C) groups is 1. The Hall–Kier alpha value is -2.71. The van der Waals surface area contributed by atoms with Gasteiger partial charge in [0, 0.05) is 50.9 Å². The molecule has 6 nitrogen and oxygen atoms in total. The van der Waals surface area contributed by atoms with Crippen molar-refractivity contribution in [3.63, 3.8) is 0 Å². The predicted molar refractivity (Wildman–Crippen MR) is 113 cm³/mol. The van der Waals surface area contributed by atoms with Gasteiger partial charge in [-0.05, 0) is 24.3 Å². The molecule has 0 atom stereocenters. The van der Waals surface area contributed by atoms with Crippen LogP contribution < -0.4 is 15.4 Å². The summed E-state index contributed by atoms with van der Waals surface area (Å²) in [5.41, 5.74) is 1.23. The van der Waals surface area contributed by atoms with Gasteiger partial charge >= 0.3 is 0 Å². The minimum Gasteiger partial charge on any atom is -0.492 e. The number of nitrogens with one attached hydrogen (secondary N) is 2. The monoisotopic (exact) mass is 418 g/mol. The van der Waals surface area contributed by atoms with Crippen LogP contribution in [0.5, 0.6) is 5.75 Å². The Labute approximate surface area is 175 Å². The Morgan fingerprint density at radius 2 is 1.80 bits per heavy atom. The molecule has 0 saturated carbocycles. The Balaban J connectivity index is 1.49. The minimum atomic E-state index is -0.473. The summed E-state index contributed by atoms with van der Waals surface area (Å²) in [6, 6.07) is 11.2. The van der Waals surface area contributed by atoms with Crippen molar-refractivity contribution in [3.05, 3.63) is 65.2 Å². The first-order valence-corrected chi connectivity index (χ1v) is 10.0. The molecule has 1 heterocycles. The van der Waals surface area contributed by atoms with Gasteiger partial charge in [-0.15, -0.1) is 0 Å². The van der Waals surface area contributed by atoms with Crippen molar-refractivity contribution in [2.24, 2.45) is 4.99 Å². The van der Waals surface area contributed by atoms with E-state index in [0.29, 0.717) is 19.1 Å². The minimum absolute atomic E-state index is 0.126. The number of hydrogen-bond acceptors (Lipinski definition) is 4. The van der Waals surface area contributed by atoms with E-state index in [1.807, 2.05) is 24.3 Å². The third kappa shape index (κ3) is 6.67. The topological polar surface area (TPSA) is 58.1 Å². The van der Waals surface area contributed by atoms with E-state index in [4.69, 9.17) is 9.47 Å². The van der Waals surface area contributed by atoms with Crippen molar-refractivity contribution in [2.75, 3.05) is 46.5 Å². The highest BCUT2D eigenvalue weighted by Gasteiger charge is 2.11. The van der Waals surface area contributed by atoms with Crippen molar-refractivity contribution in [1.82, 2.24) is 15.5 Å². The van der Waals surface area contributed by atoms with Crippen LogP contribution in [-0.4, -0.2) is 57.4 Å². The van der Waals surface area contributed by atoms with E-state index >= 15 is 0 Å². The smallest absolute Gasteiger partial charge is 0.191 e. The molecule has 2 aromatic rings. The average Bonchev–Trinajstić information content (AvgIpc) is 2.77. The van der Waals surface area contributed by atoms with Gasteiger partial charge in [0.25, 0.3) is 0 Å². The molecule has 0 unspecified atom stereocenters. The molecule has 3 rings (SSSR count). The summed E-state index contributed by atoms with van der Waals surface area (Å²) in [7, 11) is 1.63. The molecule has 2 aromatic carbocycles. The molecule has 0 spiro atoms. The lowest BCUT2D eigenvalue weighted by molar-refractivity contribution is 0.0322. The molecule has 1 saturated heterocycles. The van der Waals surface area contributed by atoms with Crippen LogP contribution in [-0.2, 0) is 17.8 Å². The van der Waals surface area contributed by atoms with Gasteiger partial charge in [-0.1, -0.05) is 18.2 Å². The zero-order valence-corrected chi connectivity index (χ0v) is 17.2. The Morgan fingerprint density at radius 1 is 1.07 bits per heavy atom. The van der Waals surface area contributed by atoms with Crippen LogP contribution in [0.15, 0.2) is 47.5 Å². The maximum absolute atomic E-state index is 13.8. The number of benzene rings is 2. The maximum Gasteiger partial charge on any atom is 0.191 e. The Kier molecular flexibility index (Phi) is 8.41. The molecule has 162 valence electrons. The molecule has 30 heavy (non-hydrogen) atoms. The van der Waals surface area contributed by atoms with Crippen LogP contribution in [0.3, 0.4) is 0 Å². The molecule has 0 amide bonds. The first-order valence-electron chi connectivity index (χ1n) is 10.0. The number of para-hydroxylation sites is 1. The lowest BCUT2D eigenvalue weighted by atomic mass is 10.2. The number of ether oxygens (including phenoxy) is 2. The van der Waals surface area contributed by atoms with Crippen LogP contribution in [0.1, 0.15) is 11.1 Å².